The van der Waals surface area contributed by atoms with Gasteiger partial charge in [0.1, 0.15) is 0 Å². The maximum Gasteiger partial charge on any atom is 0.303 e. The van der Waals surface area contributed by atoms with Crippen LogP contribution < -0.4 is 0 Å². The number of unbranched alkanes of at least 4 members (excludes halogenated alkanes) is 2. The Morgan fingerprint density at radius 3 is 2.75 bits per heavy atom. The van der Waals surface area contributed by atoms with Gasteiger partial charge >= 0.3 is 5.97 Å². The number of non-ortho nitro benzene ring substituents is 1. The van der Waals surface area contributed by atoms with Crippen LogP contribution in [0, 0.1) is 10.1 Å². The van der Waals surface area contributed by atoms with Crippen LogP contribution in [0.15, 0.2) is 30.5 Å². The molecular weight excluding hydrogens is 260 g/mol. The first-order valence-electron chi connectivity index (χ1n) is 6.53. The number of carbonyl (C=O) groups is 1. The molecule has 0 saturated heterocycles. The number of nitro groups is 1. The van der Waals surface area contributed by atoms with Crippen molar-refractivity contribution in [1.29, 1.82) is 0 Å². The summed E-state index contributed by atoms with van der Waals surface area (Å²) >= 11 is 0. The van der Waals surface area contributed by atoms with Gasteiger partial charge in [0.05, 0.1) is 10.4 Å². The van der Waals surface area contributed by atoms with Crippen LogP contribution in [0.2, 0.25) is 0 Å². The molecule has 106 valence electrons. The Kier molecular flexibility index (Phi) is 4.34. The summed E-state index contributed by atoms with van der Waals surface area (Å²) in [5.74, 6) is -0.771. The third kappa shape index (κ3) is 3.34. The predicted molar refractivity (Wildman–Crippen MR) is 74.7 cm³/mol. The molecule has 0 unspecified atom stereocenters. The van der Waals surface area contributed by atoms with Crippen molar-refractivity contribution in [2.45, 2.75) is 32.2 Å². The van der Waals surface area contributed by atoms with Crippen molar-refractivity contribution >= 4 is 22.6 Å². The summed E-state index contributed by atoms with van der Waals surface area (Å²) in [7, 11) is 0. The maximum atomic E-state index is 10.8. The number of hydrogen-bond donors (Lipinski definition) is 1. The van der Waals surface area contributed by atoms with Crippen LogP contribution in [-0.4, -0.2) is 20.6 Å². The molecule has 2 rings (SSSR count). The van der Waals surface area contributed by atoms with E-state index in [0.29, 0.717) is 6.42 Å². The minimum absolute atomic E-state index is 0.0864. The number of carboxylic acid groups (broad SMARTS) is 1. The van der Waals surface area contributed by atoms with Gasteiger partial charge in [-0.15, -0.1) is 0 Å². The number of rotatable bonds is 7. The number of aromatic nitrogens is 1. The molecule has 0 fully saturated rings. The third-order valence-corrected chi connectivity index (χ3v) is 3.26. The molecule has 1 aromatic heterocycles. The van der Waals surface area contributed by atoms with Gasteiger partial charge in [0, 0.05) is 36.7 Å². The highest BCUT2D eigenvalue weighted by molar-refractivity contribution is 5.82. The largest absolute Gasteiger partial charge is 0.481 e. The van der Waals surface area contributed by atoms with Crippen LogP contribution in [0.3, 0.4) is 0 Å². The second-order valence-corrected chi connectivity index (χ2v) is 4.71. The highest BCUT2D eigenvalue weighted by atomic mass is 16.6. The van der Waals surface area contributed by atoms with Crippen molar-refractivity contribution in [2.24, 2.45) is 0 Å². The van der Waals surface area contributed by atoms with Gasteiger partial charge in [0.2, 0.25) is 0 Å². The molecule has 0 radical (unpaired) electrons. The first-order chi connectivity index (χ1) is 9.58. The van der Waals surface area contributed by atoms with Crippen LogP contribution in [0.4, 0.5) is 5.69 Å². The van der Waals surface area contributed by atoms with Crippen molar-refractivity contribution in [3.63, 3.8) is 0 Å². The van der Waals surface area contributed by atoms with Gasteiger partial charge < -0.3 is 9.67 Å². The van der Waals surface area contributed by atoms with E-state index in [1.807, 2.05) is 16.8 Å². The van der Waals surface area contributed by atoms with Gasteiger partial charge in [-0.2, -0.15) is 0 Å². The summed E-state index contributed by atoms with van der Waals surface area (Å²) in [4.78, 5) is 20.8. The Morgan fingerprint density at radius 2 is 2.05 bits per heavy atom. The number of benzene rings is 1. The summed E-state index contributed by atoms with van der Waals surface area (Å²) in [5.41, 5.74) is 0.931. The lowest BCUT2D eigenvalue weighted by Gasteiger charge is -2.05. The number of carboxylic acids is 1. The smallest absolute Gasteiger partial charge is 0.303 e. The summed E-state index contributed by atoms with van der Waals surface area (Å²) in [6.07, 6.45) is 4.46. The fourth-order valence-electron chi connectivity index (χ4n) is 2.22. The Balaban J connectivity index is 2.01. The van der Waals surface area contributed by atoms with E-state index in [1.165, 1.54) is 6.07 Å². The lowest BCUT2D eigenvalue weighted by Crippen LogP contribution is -1.98. The zero-order chi connectivity index (χ0) is 14.5. The fourth-order valence-corrected chi connectivity index (χ4v) is 2.22. The monoisotopic (exact) mass is 276 g/mol. The first-order valence-corrected chi connectivity index (χ1v) is 6.53. The Morgan fingerprint density at radius 1 is 1.25 bits per heavy atom. The molecule has 0 aliphatic heterocycles. The molecule has 6 nitrogen and oxygen atoms in total. The standard InChI is InChI=1S/C14H16N2O4/c17-14(18)4-2-1-3-8-15-9-7-11-5-6-12(16(19)20)10-13(11)15/h5-7,9-10H,1-4,8H2,(H,17,18). The van der Waals surface area contributed by atoms with E-state index in [2.05, 4.69) is 0 Å². The van der Waals surface area contributed by atoms with Crippen LogP contribution in [-0.2, 0) is 11.3 Å². The second-order valence-electron chi connectivity index (χ2n) is 4.71. The minimum atomic E-state index is -0.771. The molecule has 0 amide bonds. The molecule has 20 heavy (non-hydrogen) atoms. The van der Waals surface area contributed by atoms with Gasteiger partial charge in [-0.1, -0.05) is 6.42 Å². The molecule has 2 aromatic rings. The highest BCUT2D eigenvalue weighted by Crippen LogP contribution is 2.22. The Labute approximate surface area is 115 Å². The van der Waals surface area contributed by atoms with Gasteiger partial charge in [0.25, 0.3) is 5.69 Å². The lowest BCUT2D eigenvalue weighted by molar-refractivity contribution is -0.384. The number of nitrogens with zero attached hydrogens (tertiary/aromatic N) is 2. The molecular formula is C14H16N2O4. The Bertz CT molecular complexity index is 633. The fraction of sp³-hybridized carbons (Fsp3) is 0.357. The molecule has 0 bridgehead atoms. The zero-order valence-electron chi connectivity index (χ0n) is 11.0. The summed E-state index contributed by atoms with van der Waals surface area (Å²) in [5, 5.41) is 20.3. The van der Waals surface area contributed by atoms with Gasteiger partial charge in [-0.3, -0.25) is 14.9 Å². The third-order valence-electron chi connectivity index (χ3n) is 3.26. The van der Waals surface area contributed by atoms with E-state index in [9.17, 15) is 14.9 Å². The molecule has 1 aromatic carbocycles. The van der Waals surface area contributed by atoms with Crippen LogP contribution in [0.5, 0.6) is 0 Å². The van der Waals surface area contributed by atoms with E-state index in [1.54, 1.807) is 12.1 Å². The summed E-state index contributed by atoms with van der Waals surface area (Å²) < 4.78 is 1.98. The number of nitro benzene ring substituents is 1. The lowest BCUT2D eigenvalue weighted by atomic mass is 10.2. The van der Waals surface area contributed by atoms with Crippen LogP contribution in [0.25, 0.3) is 10.9 Å². The van der Waals surface area contributed by atoms with Crippen molar-refractivity contribution in [3.8, 4) is 0 Å². The maximum absolute atomic E-state index is 10.8. The average molecular weight is 276 g/mol. The molecule has 0 aliphatic rings. The van der Waals surface area contributed by atoms with Crippen LogP contribution in [0.1, 0.15) is 25.7 Å². The van der Waals surface area contributed by atoms with E-state index >= 15 is 0 Å². The number of aliphatic carboxylic acids is 1. The molecule has 0 atom stereocenters. The van der Waals surface area contributed by atoms with Gasteiger partial charge in [-0.05, 0) is 25.0 Å². The average Bonchev–Trinajstić information content (AvgIpc) is 2.80. The van der Waals surface area contributed by atoms with E-state index in [-0.39, 0.29) is 12.1 Å². The number of aryl methyl sites for hydroxylation is 1. The SMILES string of the molecule is O=C(O)CCCCCn1ccc2ccc([N+](=O)[O-])cc21. The van der Waals surface area contributed by atoms with E-state index < -0.39 is 10.9 Å². The van der Waals surface area contributed by atoms with Crippen molar-refractivity contribution in [1.82, 2.24) is 4.57 Å². The minimum Gasteiger partial charge on any atom is -0.481 e. The molecule has 0 saturated carbocycles. The second kappa shape index (κ2) is 6.18. The van der Waals surface area contributed by atoms with Gasteiger partial charge in [0.15, 0.2) is 0 Å². The van der Waals surface area contributed by atoms with Crippen LogP contribution >= 0.6 is 0 Å². The first kappa shape index (κ1) is 14.0. The zero-order valence-corrected chi connectivity index (χ0v) is 11.0. The van der Waals surface area contributed by atoms with Crippen molar-refractivity contribution in [3.05, 3.63) is 40.6 Å². The summed E-state index contributed by atoms with van der Waals surface area (Å²) in [6, 6.07) is 6.75. The molecule has 0 spiro atoms. The number of fused-ring (bicyclic) bond motifs is 1. The molecule has 0 aliphatic carbocycles. The Hall–Kier alpha value is -2.37. The normalized spacial score (nSPS) is 10.8. The topological polar surface area (TPSA) is 85.4 Å². The highest BCUT2D eigenvalue weighted by Gasteiger charge is 2.08. The van der Waals surface area contributed by atoms with E-state index in [4.69, 9.17) is 5.11 Å². The van der Waals surface area contributed by atoms with Gasteiger partial charge in [-0.25, -0.2) is 0 Å². The number of hydrogen-bond acceptors (Lipinski definition) is 3. The molecule has 1 heterocycles. The quantitative estimate of drug-likeness (QED) is 0.478. The molecule has 6 heteroatoms. The molecule has 1 N–H and O–H groups in total. The summed E-state index contributed by atoms with van der Waals surface area (Å²) in [6.45, 7) is 0.740. The van der Waals surface area contributed by atoms with E-state index in [0.717, 1.165) is 30.3 Å². The van der Waals surface area contributed by atoms with Crippen molar-refractivity contribution in [2.75, 3.05) is 0 Å². The predicted octanol–water partition coefficient (Wildman–Crippen LogP) is 3.19. The van der Waals surface area contributed by atoms with Crippen molar-refractivity contribution < 1.29 is 14.8 Å².